The molecule has 6 heteroatoms. The maximum absolute atomic E-state index is 11.9. The molecule has 0 aliphatic carbocycles. The van der Waals surface area contributed by atoms with E-state index in [1.165, 1.54) is 4.41 Å². The van der Waals surface area contributed by atoms with Crippen molar-refractivity contribution in [3.05, 3.63) is 23.8 Å². The molecule has 0 bridgehead atoms. The molecule has 0 atom stereocenters. The van der Waals surface area contributed by atoms with E-state index in [0.29, 0.717) is 12.2 Å². The van der Waals surface area contributed by atoms with E-state index in [-0.39, 0.29) is 5.75 Å². The Labute approximate surface area is 109 Å². The lowest BCUT2D eigenvalue weighted by Crippen LogP contribution is -2.44. The van der Waals surface area contributed by atoms with Crippen molar-refractivity contribution in [1.29, 1.82) is 0 Å². The molecule has 0 fully saturated rings. The first kappa shape index (κ1) is 14.8. The van der Waals surface area contributed by atoms with Crippen LogP contribution >= 0.6 is 0 Å². The van der Waals surface area contributed by atoms with E-state index >= 15 is 0 Å². The van der Waals surface area contributed by atoms with Gasteiger partial charge in [-0.15, -0.1) is 4.41 Å². The number of anilines is 2. The molecule has 0 radical (unpaired) electrons. The van der Waals surface area contributed by atoms with E-state index in [4.69, 9.17) is 5.73 Å². The van der Waals surface area contributed by atoms with E-state index < -0.39 is 10.0 Å². The predicted octanol–water partition coefficient (Wildman–Crippen LogP) is 1.60. The number of hydrazine groups is 1. The quantitative estimate of drug-likeness (QED) is 0.652. The summed E-state index contributed by atoms with van der Waals surface area (Å²) < 4.78 is 25.1. The predicted molar refractivity (Wildman–Crippen MR) is 75.8 cm³/mol. The summed E-state index contributed by atoms with van der Waals surface area (Å²) in [6.07, 6.45) is 0. The fourth-order valence-corrected chi connectivity index (χ4v) is 2.59. The number of hydrogen-bond donors (Lipinski definition) is 1. The lowest BCUT2D eigenvalue weighted by molar-refractivity contribution is 0.446. The summed E-state index contributed by atoms with van der Waals surface area (Å²) in [4.78, 5) is 0. The zero-order valence-electron chi connectivity index (χ0n) is 11.3. The van der Waals surface area contributed by atoms with Gasteiger partial charge in [0.25, 0.3) is 0 Å². The van der Waals surface area contributed by atoms with E-state index in [9.17, 15) is 8.42 Å². The largest absolute Gasteiger partial charge is 0.399 e. The summed E-state index contributed by atoms with van der Waals surface area (Å²) in [6.45, 7) is 6.02. The van der Waals surface area contributed by atoms with Gasteiger partial charge < -0.3 is 5.73 Å². The van der Waals surface area contributed by atoms with Crippen LogP contribution in [0.3, 0.4) is 0 Å². The van der Waals surface area contributed by atoms with Crippen LogP contribution < -0.4 is 10.7 Å². The molecule has 18 heavy (non-hydrogen) atoms. The van der Waals surface area contributed by atoms with Gasteiger partial charge in [0, 0.05) is 19.3 Å². The number of sulfonamides is 1. The summed E-state index contributed by atoms with van der Waals surface area (Å²) in [7, 11) is -1.69. The zero-order chi connectivity index (χ0) is 13.9. The van der Waals surface area contributed by atoms with Crippen LogP contribution in [0.15, 0.2) is 18.2 Å². The van der Waals surface area contributed by atoms with E-state index in [1.54, 1.807) is 25.0 Å². The van der Waals surface area contributed by atoms with Gasteiger partial charge in [-0.25, -0.2) is 8.42 Å². The lowest BCUT2D eigenvalue weighted by atomic mass is 10.2. The maximum atomic E-state index is 11.9. The van der Waals surface area contributed by atoms with E-state index in [1.807, 2.05) is 26.0 Å². The van der Waals surface area contributed by atoms with Crippen molar-refractivity contribution in [3.63, 3.8) is 0 Å². The zero-order valence-corrected chi connectivity index (χ0v) is 12.2. The maximum Gasteiger partial charge on any atom is 0.230 e. The number of rotatable bonds is 5. The van der Waals surface area contributed by atoms with E-state index in [0.717, 1.165) is 11.3 Å². The van der Waals surface area contributed by atoms with Crippen molar-refractivity contribution in [2.24, 2.45) is 0 Å². The summed E-state index contributed by atoms with van der Waals surface area (Å²) >= 11 is 0. The van der Waals surface area contributed by atoms with Crippen molar-refractivity contribution in [2.75, 3.05) is 30.1 Å². The van der Waals surface area contributed by atoms with Gasteiger partial charge in [-0.1, -0.05) is 0 Å². The van der Waals surface area contributed by atoms with E-state index in [2.05, 4.69) is 0 Å². The molecular weight excluding hydrogens is 250 g/mol. The first-order valence-electron chi connectivity index (χ1n) is 5.93. The second-order valence-corrected chi connectivity index (χ2v) is 6.36. The number of benzene rings is 1. The van der Waals surface area contributed by atoms with Gasteiger partial charge >= 0.3 is 0 Å². The summed E-state index contributed by atoms with van der Waals surface area (Å²) in [5, 5.41) is 1.71. The first-order chi connectivity index (χ1) is 8.33. The SMILES string of the molecule is CCN(c1ccc(N)c(C)c1)N(C)S(=O)(=O)CC. The standard InChI is InChI=1S/C12H21N3O2S/c1-5-15(14(4)18(16,17)6-2)11-7-8-12(13)10(3)9-11/h7-9H,5-6,13H2,1-4H3. The second kappa shape index (κ2) is 5.58. The monoisotopic (exact) mass is 271 g/mol. The molecule has 0 amide bonds. The van der Waals surface area contributed by atoms with Crippen molar-refractivity contribution in [1.82, 2.24) is 4.41 Å². The third-order valence-corrected chi connectivity index (χ3v) is 4.69. The van der Waals surface area contributed by atoms with Gasteiger partial charge in [0.05, 0.1) is 11.4 Å². The minimum Gasteiger partial charge on any atom is -0.399 e. The Bertz CT molecular complexity index is 514. The third-order valence-electron chi connectivity index (χ3n) is 2.96. The number of aryl methyl sites for hydroxylation is 1. The molecule has 2 N–H and O–H groups in total. The smallest absolute Gasteiger partial charge is 0.230 e. The summed E-state index contributed by atoms with van der Waals surface area (Å²) in [6, 6.07) is 5.51. The topological polar surface area (TPSA) is 66.6 Å². The Kier molecular flexibility index (Phi) is 4.59. The molecule has 1 aromatic carbocycles. The number of nitrogen functional groups attached to an aromatic ring is 1. The van der Waals surface area contributed by atoms with Crippen molar-refractivity contribution in [2.45, 2.75) is 20.8 Å². The minimum absolute atomic E-state index is 0.0773. The highest BCUT2D eigenvalue weighted by molar-refractivity contribution is 7.89. The van der Waals surface area contributed by atoms with Crippen molar-refractivity contribution in [3.8, 4) is 0 Å². The van der Waals surface area contributed by atoms with Crippen LogP contribution in [0.5, 0.6) is 0 Å². The molecule has 0 unspecified atom stereocenters. The van der Waals surface area contributed by atoms with Crippen LogP contribution in [-0.2, 0) is 10.0 Å². The molecule has 5 nitrogen and oxygen atoms in total. The Balaban J connectivity index is 3.14. The summed E-state index contributed by atoms with van der Waals surface area (Å²) in [5.74, 6) is 0.0773. The molecule has 1 rings (SSSR count). The third kappa shape index (κ3) is 2.94. The highest BCUT2D eigenvalue weighted by atomic mass is 32.2. The van der Waals surface area contributed by atoms with Crippen LogP contribution in [0.2, 0.25) is 0 Å². The van der Waals surface area contributed by atoms with Gasteiger partial charge in [-0.2, -0.15) is 0 Å². The molecule has 102 valence electrons. The number of nitrogens with two attached hydrogens (primary N) is 1. The summed E-state index contributed by atoms with van der Waals surface area (Å²) in [5.41, 5.74) is 8.23. The number of hydrogen-bond acceptors (Lipinski definition) is 4. The van der Waals surface area contributed by atoms with Crippen LogP contribution in [0.25, 0.3) is 0 Å². The fraction of sp³-hybridized carbons (Fsp3) is 0.500. The van der Waals surface area contributed by atoms with Gasteiger partial charge in [0.15, 0.2) is 0 Å². The molecule has 0 heterocycles. The molecule has 0 saturated heterocycles. The molecule has 0 aliphatic heterocycles. The van der Waals surface area contributed by atoms with Gasteiger partial charge in [0.1, 0.15) is 0 Å². The number of nitrogens with zero attached hydrogens (tertiary/aromatic N) is 2. The second-order valence-electron chi connectivity index (χ2n) is 4.09. The average molecular weight is 271 g/mol. The van der Waals surface area contributed by atoms with Gasteiger partial charge in [-0.05, 0) is 44.5 Å². The highest BCUT2D eigenvalue weighted by Crippen LogP contribution is 2.22. The lowest BCUT2D eigenvalue weighted by Gasteiger charge is -2.32. The van der Waals surface area contributed by atoms with Crippen LogP contribution in [0.1, 0.15) is 19.4 Å². The van der Waals surface area contributed by atoms with Crippen LogP contribution in [0.4, 0.5) is 11.4 Å². The normalized spacial score (nSPS) is 11.8. The minimum atomic E-state index is -3.25. The Hall–Kier alpha value is -1.27. The molecule has 0 aromatic heterocycles. The molecule has 0 spiro atoms. The molecule has 0 aliphatic rings. The van der Waals surface area contributed by atoms with Crippen molar-refractivity contribution >= 4 is 21.4 Å². The van der Waals surface area contributed by atoms with Gasteiger partial charge in [0.2, 0.25) is 10.0 Å². The molecular formula is C12H21N3O2S. The first-order valence-corrected chi connectivity index (χ1v) is 7.54. The van der Waals surface area contributed by atoms with Gasteiger partial charge in [-0.3, -0.25) is 5.01 Å². The van der Waals surface area contributed by atoms with Crippen LogP contribution in [-0.4, -0.2) is 32.2 Å². The Morgan fingerprint density at radius 3 is 2.33 bits per heavy atom. The Morgan fingerprint density at radius 1 is 1.28 bits per heavy atom. The fourth-order valence-electron chi connectivity index (χ4n) is 1.70. The Morgan fingerprint density at radius 2 is 1.89 bits per heavy atom. The van der Waals surface area contributed by atoms with Crippen molar-refractivity contribution < 1.29 is 8.42 Å². The molecule has 1 aromatic rings. The molecule has 0 saturated carbocycles. The van der Waals surface area contributed by atoms with Crippen LogP contribution in [0, 0.1) is 6.92 Å². The average Bonchev–Trinajstić information content (AvgIpc) is 2.34. The highest BCUT2D eigenvalue weighted by Gasteiger charge is 2.22.